The van der Waals surface area contributed by atoms with Crippen molar-refractivity contribution in [3.8, 4) is 11.1 Å². The molecule has 4 nitrogen and oxygen atoms in total. The number of nitrogen functional groups attached to an aromatic ring is 1. The summed E-state index contributed by atoms with van der Waals surface area (Å²) in [6, 6.07) is 4.48. The molecule has 2 heterocycles. The van der Waals surface area contributed by atoms with E-state index < -0.39 is 0 Å². The Bertz CT molecular complexity index is 596. The number of aromatic nitrogens is 2. The van der Waals surface area contributed by atoms with Gasteiger partial charge in [0.15, 0.2) is 0 Å². The molecule has 0 aliphatic heterocycles. The fourth-order valence-electron chi connectivity index (χ4n) is 2.92. The summed E-state index contributed by atoms with van der Waals surface area (Å²) in [4.78, 5) is 4.18. The molecule has 1 saturated carbocycles. The van der Waals surface area contributed by atoms with E-state index in [0.717, 1.165) is 16.1 Å². The van der Waals surface area contributed by atoms with Crippen molar-refractivity contribution in [2.75, 3.05) is 11.1 Å². The van der Waals surface area contributed by atoms with Crippen LogP contribution in [0.2, 0.25) is 0 Å². The van der Waals surface area contributed by atoms with Crippen molar-refractivity contribution < 1.29 is 0 Å². The molecule has 0 atom stereocenters. The number of nitrogens with zero attached hydrogens (tertiary/aromatic N) is 2. The Labute approximate surface area is 130 Å². The first-order valence-corrected chi connectivity index (χ1v) is 8.25. The van der Waals surface area contributed by atoms with Gasteiger partial charge in [0.1, 0.15) is 10.8 Å². The maximum absolute atomic E-state index is 6.05. The van der Waals surface area contributed by atoms with E-state index in [1.165, 1.54) is 37.2 Å². The van der Waals surface area contributed by atoms with Gasteiger partial charge in [-0.05, 0) is 48.7 Å². The number of hydrogen-bond acceptors (Lipinski definition) is 5. The zero-order valence-corrected chi connectivity index (χ0v) is 13.4. The van der Waals surface area contributed by atoms with Gasteiger partial charge in [-0.25, -0.2) is 0 Å². The molecule has 1 aliphatic carbocycles. The summed E-state index contributed by atoms with van der Waals surface area (Å²) in [5.74, 6) is 0.589. The lowest BCUT2D eigenvalue weighted by Gasteiger charge is -2.34. The van der Waals surface area contributed by atoms with Crippen LogP contribution in [0.5, 0.6) is 0 Å². The lowest BCUT2D eigenvalue weighted by molar-refractivity contribution is 0.232. The minimum absolute atomic E-state index is 0.483. The molecule has 2 aromatic rings. The molecule has 1 fully saturated rings. The molecule has 0 amide bonds. The van der Waals surface area contributed by atoms with Gasteiger partial charge in [0.05, 0.1) is 5.56 Å². The van der Waals surface area contributed by atoms with Crippen LogP contribution in [-0.2, 0) is 0 Å². The average molecular weight is 302 g/mol. The fraction of sp³-hybridized carbons (Fsp3) is 0.500. The highest BCUT2D eigenvalue weighted by atomic mass is 32.1. The average Bonchev–Trinajstić information content (AvgIpc) is 2.83. The van der Waals surface area contributed by atoms with E-state index in [-0.39, 0.29) is 0 Å². The third-order valence-electron chi connectivity index (χ3n) is 4.34. The largest absolute Gasteiger partial charge is 0.382 e. The van der Waals surface area contributed by atoms with Crippen LogP contribution in [-0.4, -0.2) is 15.4 Å². The molecule has 0 spiro atoms. The van der Waals surface area contributed by atoms with Crippen LogP contribution in [0.3, 0.4) is 0 Å². The Morgan fingerprint density at radius 2 is 2.10 bits per heavy atom. The smallest absolute Gasteiger partial charge is 0.147 e. The van der Waals surface area contributed by atoms with E-state index in [2.05, 4.69) is 28.5 Å². The molecule has 3 N–H and O–H groups in total. The van der Waals surface area contributed by atoms with Crippen molar-refractivity contribution >= 4 is 22.4 Å². The maximum Gasteiger partial charge on any atom is 0.147 e. The Morgan fingerprint density at radius 1 is 1.33 bits per heavy atom. The van der Waals surface area contributed by atoms with Gasteiger partial charge in [0, 0.05) is 24.0 Å². The Hall–Kier alpha value is -1.62. The van der Waals surface area contributed by atoms with Gasteiger partial charge < -0.3 is 11.1 Å². The van der Waals surface area contributed by atoms with Crippen LogP contribution in [0, 0.1) is 5.41 Å². The Balaban J connectivity index is 1.78. The monoisotopic (exact) mass is 302 g/mol. The van der Waals surface area contributed by atoms with Crippen molar-refractivity contribution in [2.24, 2.45) is 5.41 Å². The molecule has 21 heavy (non-hydrogen) atoms. The van der Waals surface area contributed by atoms with Crippen LogP contribution in [0.4, 0.5) is 10.8 Å². The fourth-order valence-corrected chi connectivity index (χ4v) is 3.73. The van der Waals surface area contributed by atoms with Gasteiger partial charge in [-0.3, -0.25) is 4.98 Å². The van der Waals surface area contributed by atoms with Crippen LogP contribution in [0.1, 0.15) is 39.5 Å². The normalized spacial score (nSPS) is 18.6. The van der Waals surface area contributed by atoms with Gasteiger partial charge in [-0.15, -0.1) is 0 Å². The molecule has 0 saturated heterocycles. The first kappa shape index (κ1) is 14.3. The quantitative estimate of drug-likeness (QED) is 0.893. The molecule has 0 aromatic carbocycles. The first-order valence-electron chi connectivity index (χ1n) is 7.47. The summed E-state index contributed by atoms with van der Waals surface area (Å²) in [7, 11) is 0. The first-order chi connectivity index (χ1) is 10.1. The third kappa shape index (κ3) is 3.18. The lowest BCUT2D eigenvalue weighted by Crippen LogP contribution is -2.29. The minimum atomic E-state index is 0.483. The summed E-state index contributed by atoms with van der Waals surface area (Å²) < 4.78 is 4.32. The highest BCUT2D eigenvalue weighted by molar-refractivity contribution is 7.11. The van der Waals surface area contributed by atoms with Crippen molar-refractivity contribution in [1.29, 1.82) is 0 Å². The summed E-state index contributed by atoms with van der Waals surface area (Å²) in [6.45, 7) is 4.71. The van der Waals surface area contributed by atoms with Crippen molar-refractivity contribution in [3.63, 3.8) is 0 Å². The molecule has 0 bridgehead atoms. The van der Waals surface area contributed by atoms with Gasteiger partial charge in [-0.1, -0.05) is 19.9 Å². The zero-order valence-electron chi connectivity index (χ0n) is 12.6. The second kappa shape index (κ2) is 5.64. The predicted octanol–water partition coefficient (Wildman–Crippen LogP) is 4.17. The lowest BCUT2D eigenvalue weighted by atomic mass is 9.75. The number of nitrogens with one attached hydrogen (secondary N) is 1. The third-order valence-corrected chi connectivity index (χ3v) is 5.14. The second-order valence-electron chi connectivity index (χ2n) is 6.60. The SMILES string of the molecule is CC1(C)CCC(Nc2snc(N)c2-c2cccnc2)CC1. The summed E-state index contributed by atoms with van der Waals surface area (Å²) in [6.07, 6.45) is 8.56. The second-order valence-corrected chi connectivity index (χ2v) is 7.37. The van der Waals surface area contributed by atoms with Gasteiger partial charge in [0.25, 0.3) is 0 Å². The van der Waals surface area contributed by atoms with Crippen LogP contribution in [0.25, 0.3) is 11.1 Å². The summed E-state index contributed by atoms with van der Waals surface area (Å²) in [5.41, 5.74) is 8.56. The highest BCUT2D eigenvalue weighted by Crippen LogP contribution is 2.40. The van der Waals surface area contributed by atoms with Gasteiger partial charge >= 0.3 is 0 Å². The number of anilines is 2. The molecule has 3 rings (SSSR count). The van der Waals surface area contributed by atoms with E-state index >= 15 is 0 Å². The molecular formula is C16H22N4S. The molecule has 2 aromatic heterocycles. The minimum Gasteiger partial charge on any atom is -0.382 e. The number of hydrogen-bond donors (Lipinski definition) is 2. The summed E-state index contributed by atoms with van der Waals surface area (Å²) >= 11 is 1.45. The standard InChI is InChI=1S/C16H22N4S/c1-16(2)7-5-12(6-8-16)19-15-13(14(17)20-21-15)11-4-3-9-18-10-11/h3-4,9-10,12,19H,5-8H2,1-2H3,(H2,17,20). The van der Waals surface area contributed by atoms with E-state index in [1.807, 2.05) is 18.3 Å². The molecule has 0 radical (unpaired) electrons. The molecule has 5 heteroatoms. The number of nitrogens with two attached hydrogens (primary N) is 1. The zero-order chi connectivity index (χ0) is 14.9. The number of pyridine rings is 1. The van der Waals surface area contributed by atoms with Crippen molar-refractivity contribution in [2.45, 2.75) is 45.6 Å². The Morgan fingerprint density at radius 3 is 2.76 bits per heavy atom. The molecule has 1 aliphatic rings. The van der Waals surface area contributed by atoms with E-state index in [9.17, 15) is 0 Å². The summed E-state index contributed by atoms with van der Waals surface area (Å²) in [5, 5.41) is 4.73. The van der Waals surface area contributed by atoms with E-state index in [1.54, 1.807) is 6.20 Å². The van der Waals surface area contributed by atoms with Crippen molar-refractivity contribution in [3.05, 3.63) is 24.5 Å². The molecular weight excluding hydrogens is 280 g/mol. The van der Waals surface area contributed by atoms with Crippen LogP contribution < -0.4 is 11.1 Å². The predicted molar refractivity (Wildman–Crippen MR) is 89.4 cm³/mol. The van der Waals surface area contributed by atoms with E-state index in [4.69, 9.17) is 5.73 Å². The van der Waals surface area contributed by atoms with Crippen LogP contribution in [0.15, 0.2) is 24.5 Å². The van der Waals surface area contributed by atoms with Crippen LogP contribution >= 0.6 is 11.5 Å². The molecule has 112 valence electrons. The topological polar surface area (TPSA) is 63.8 Å². The number of rotatable bonds is 3. The Kier molecular flexibility index (Phi) is 3.85. The van der Waals surface area contributed by atoms with Crippen molar-refractivity contribution in [1.82, 2.24) is 9.36 Å². The van der Waals surface area contributed by atoms with Gasteiger partial charge in [0.2, 0.25) is 0 Å². The maximum atomic E-state index is 6.05. The van der Waals surface area contributed by atoms with Gasteiger partial charge in [-0.2, -0.15) is 4.37 Å². The molecule has 0 unspecified atom stereocenters. The highest BCUT2D eigenvalue weighted by Gasteiger charge is 2.27. The van der Waals surface area contributed by atoms with E-state index in [0.29, 0.717) is 17.3 Å².